The number of rotatable bonds is 2. The number of nitrogens with one attached hydrogen (secondary N) is 2. The molecule has 0 radical (unpaired) electrons. The summed E-state index contributed by atoms with van der Waals surface area (Å²) >= 11 is 0. The lowest BCUT2D eigenvalue weighted by Crippen LogP contribution is -2.01. The first-order chi connectivity index (χ1) is 12.6. The summed E-state index contributed by atoms with van der Waals surface area (Å²) in [5.74, 6) is 0.646. The Morgan fingerprint density at radius 2 is 2.00 bits per heavy atom. The van der Waals surface area contributed by atoms with E-state index < -0.39 is 0 Å². The van der Waals surface area contributed by atoms with Gasteiger partial charge in [-0.1, -0.05) is 24.8 Å². The van der Waals surface area contributed by atoms with E-state index in [2.05, 4.69) is 54.5 Å². The van der Waals surface area contributed by atoms with Crippen LogP contribution in [0.1, 0.15) is 36.4 Å². The first kappa shape index (κ1) is 15.5. The normalized spacial score (nSPS) is 16.8. The van der Waals surface area contributed by atoms with Crippen LogP contribution in [-0.4, -0.2) is 16.3 Å². The molecule has 3 aromatic rings. The van der Waals surface area contributed by atoms with E-state index >= 15 is 0 Å². The van der Waals surface area contributed by atoms with Crippen LogP contribution < -0.4 is 10.6 Å². The van der Waals surface area contributed by atoms with Crippen LogP contribution in [0.5, 0.6) is 0 Å². The number of nitrogens with zero attached hydrogens (tertiary/aromatic N) is 2. The molecular weight excluding hydrogens is 320 g/mol. The molecule has 26 heavy (non-hydrogen) atoms. The van der Waals surface area contributed by atoms with Crippen molar-refractivity contribution in [1.29, 1.82) is 0 Å². The summed E-state index contributed by atoms with van der Waals surface area (Å²) in [4.78, 5) is 0. The van der Waals surface area contributed by atoms with E-state index in [9.17, 15) is 0 Å². The van der Waals surface area contributed by atoms with Crippen molar-refractivity contribution < 1.29 is 0 Å². The van der Waals surface area contributed by atoms with Gasteiger partial charge >= 0.3 is 0 Å². The van der Waals surface area contributed by atoms with E-state index in [1.165, 1.54) is 51.8 Å². The third-order valence-corrected chi connectivity index (χ3v) is 5.60. The van der Waals surface area contributed by atoms with Gasteiger partial charge in [0.15, 0.2) is 0 Å². The summed E-state index contributed by atoms with van der Waals surface area (Å²) in [5.41, 5.74) is 9.59. The van der Waals surface area contributed by atoms with E-state index in [1.54, 1.807) is 0 Å². The van der Waals surface area contributed by atoms with Gasteiger partial charge in [-0.3, -0.25) is 4.68 Å². The molecule has 0 spiro atoms. The van der Waals surface area contributed by atoms with Gasteiger partial charge in [0.05, 0.1) is 22.6 Å². The molecule has 0 bridgehead atoms. The van der Waals surface area contributed by atoms with Crippen molar-refractivity contribution in [3.8, 4) is 11.1 Å². The molecule has 1 aromatic heterocycles. The minimum Gasteiger partial charge on any atom is -0.382 e. The molecule has 1 aliphatic carbocycles. The third-order valence-electron chi connectivity index (χ3n) is 5.60. The fourth-order valence-electron chi connectivity index (χ4n) is 3.99. The van der Waals surface area contributed by atoms with Crippen LogP contribution >= 0.6 is 0 Å². The maximum absolute atomic E-state index is 4.79. The van der Waals surface area contributed by atoms with Gasteiger partial charge in [-0.05, 0) is 43.0 Å². The quantitative estimate of drug-likeness (QED) is 0.674. The van der Waals surface area contributed by atoms with Crippen LogP contribution in [0, 0.1) is 6.92 Å². The van der Waals surface area contributed by atoms with E-state index in [-0.39, 0.29) is 0 Å². The Bertz CT molecular complexity index is 1040. The van der Waals surface area contributed by atoms with Crippen LogP contribution in [0.3, 0.4) is 0 Å². The van der Waals surface area contributed by atoms with Crippen LogP contribution in [0.4, 0.5) is 11.4 Å². The second-order valence-electron chi connectivity index (χ2n) is 7.60. The molecule has 0 unspecified atom stereocenters. The third kappa shape index (κ3) is 2.40. The molecule has 2 N–H and O–H groups in total. The van der Waals surface area contributed by atoms with Crippen molar-refractivity contribution in [2.75, 3.05) is 17.2 Å². The summed E-state index contributed by atoms with van der Waals surface area (Å²) in [7, 11) is 2.04. The van der Waals surface area contributed by atoms with Crippen molar-refractivity contribution >= 4 is 22.3 Å². The molecule has 2 aliphatic rings. The van der Waals surface area contributed by atoms with Gasteiger partial charge in [-0.25, -0.2) is 0 Å². The van der Waals surface area contributed by atoms with Crippen LogP contribution in [0.15, 0.2) is 42.6 Å². The lowest BCUT2D eigenvalue weighted by atomic mass is 9.98. The monoisotopic (exact) mass is 344 g/mol. The zero-order valence-corrected chi connectivity index (χ0v) is 15.4. The molecule has 2 heterocycles. The highest BCUT2D eigenvalue weighted by atomic mass is 15.3. The first-order valence-corrected chi connectivity index (χ1v) is 9.41. The molecule has 5 rings (SSSR count). The average molecular weight is 344 g/mol. The predicted octanol–water partition coefficient (Wildman–Crippen LogP) is 5.17. The Hall–Kier alpha value is -2.75. The van der Waals surface area contributed by atoms with Gasteiger partial charge in [-0.15, -0.1) is 0 Å². The molecule has 0 saturated heterocycles. The van der Waals surface area contributed by atoms with E-state index in [1.807, 2.05) is 11.7 Å². The Kier molecular flexibility index (Phi) is 3.36. The SMILES string of the molecule is C=C1CCNc2c(-c3ccc4c(c3)c(C3CC3)nn4C)ccc(C)c2N1. The maximum Gasteiger partial charge on any atom is 0.0734 e. The first-order valence-electron chi connectivity index (χ1n) is 9.41. The summed E-state index contributed by atoms with van der Waals surface area (Å²) in [6.07, 6.45) is 3.47. The zero-order chi connectivity index (χ0) is 17.8. The smallest absolute Gasteiger partial charge is 0.0734 e. The van der Waals surface area contributed by atoms with E-state index in [0.29, 0.717) is 5.92 Å². The lowest BCUT2D eigenvalue weighted by molar-refractivity contribution is 0.767. The van der Waals surface area contributed by atoms with Gasteiger partial charge in [-0.2, -0.15) is 5.10 Å². The topological polar surface area (TPSA) is 41.9 Å². The second kappa shape index (κ2) is 5.63. The van der Waals surface area contributed by atoms with Gasteiger partial charge < -0.3 is 10.6 Å². The van der Waals surface area contributed by atoms with Gasteiger partial charge in [0.2, 0.25) is 0 Å². The van der Waals surface area contributed by atoms with Crippen molar-refractivity contribution in [3.05, 3.63) is 53.9 Å². The maximum atomic E-state index is 4.79. The molecule has 4 nitrogen and oxygen atoms in total. The summed E-state index contributed by atoms with van der Waals surface area (Å²) < 4.78 is 2.02. The molecule has 4 heteroatoms. The molecule has 1 fully saturated rings. The van der Waals surface area contributed by atoms with Crippen molar-refractivity contribution in [1.82, 2.24) is 9.78 Å². The van der Waals surface area contributed by atoms with Crippen LogP contribution in [-0.2, 0) is 7.05 Å². The molecular formula is C22H24N4. The number of fused-ring (bicyclic) bond motifs is 2. The number of benzene rings is 2. The standard InChI is InChI=1S/C22H24N4/c1-13-4-8-17(22-20(13)24-14(2)10-11-23-22)16-7-9-19-18(12-16)21(15-5-6-15)25-26(19)3/h4,7-9,12,15,23-24H,2,5-6,10-11H2,1,3H3. The molecule has 2 aromatic carbocycles. The summed E-state index contributed by atoms with van der Waals surface area (Å²) in [6, 6.07) is 11.2. The highest BCUT2D eigenvalue weighted by Gasteiger charge is 2.29. The number of hydrogen-bond acceptors (Lipinski definition) is 3. The molecule has 0 atom stereocenters. The van der Waals surface area contributed by atoms with Crippen molar-refractivity contribution in [3.63, 3.8) is 0 Å². The predicted molar refractivity (Wildman–Crippen MR) is 109 cm³/mol. The second-order valence-corrected chi connectivity index (χ2v) is 7.60. The highest BCUT2D eigenvalue weighted by molar-refractivity contribution is 5.94. The van der Waals surface area contributed by atoms with Crippen LogP contribution in [0.25, 0.3) is 22.0 Å². The van der Waals surface area contributed by atoms with E-state index in [4.69, 9.17) is 5.10 Å². The van der Waals surface area contributed by atoms with Gasteiger partial charge in [0, 0.05) is 42.6 Å². The minimum absolute atomic E-state index is 0.646. The average Bonchev–Trinajstić information content (AvgIpc) is 3.43. The van der Waals surface area contributed by atoms with Crippen molar-refractivity contribution in [2.24, 2.45) is 7.05 Å². The lowest BCUT2D eigenvalue weighted by Gasteiger charge is -2.17. The summed E-state index contributed by atoms with van der Waals surface area (Å²) in [6.45, 7) is 7.18. The van der Waals surface area contributed by atoms with Crippen LogP contribution in [0.2, 0.25) is 0 Å². The Morgan fingerprint density at radius 1 is 1.15 bits per heavy atom. The fraction of sp³-hybridized carbons (Fsp3) is 0.318. The number of aromatic nitrogens is 2. The molecule has 132 valence electrons. The number of anilines is 2. The largest absolute Gasteiger partial charge is 0.382 e. The van der Waals surface area contributed by atoms with E-state index in [0.717, 1.165) is 24.4 Å². The molecule has 0 amide bonds. The van der Waals surface area contributed by atoms with Gasteiger partial charge in [0.25, 0.3) is 0 Å². The Labute approximate surface area is 153 Å². The van der Waals surface area contributed by atoms with Crippen molar-refractivity contribution in [2.45, 2.75) is 32.1 Å². The van der Waals surface area contributed by atoms with Gasteiger partial charge in [0.1, 0.15) is 0 Å². The highest BCUT2D eigenvalue weighted by Crippen LogP contribution is 2.44. The summed E-state index contributed by atoms with van der Waals surface area (Å²) in [5, 5.41) is 13.2. The molecule has 1 aliphatic heterocycles. The number of aryl methyl sites for hydroxylation is 2. The number of hydrogen-bond donors (Lipinski definition) is 2. The Balaban J connectivity index is 1.70. The minimum atomic E-state index is 0.646. The Morgan fingerprint density at radius 3 is 2.81 bits per heavy atom. The molecule has 1 saturated carbocycles. The fourth-order valence-corrected chi connectivity index (χ4v) is 3.99. The zero-order valence-electron chi connectivity index (χ0n) is 15.4.